The fourth-order valence-corrected chi connectivity index (χ4v) is 1.93. The third-order valence-corrected chi connectivity index (χ3v) is 3.03. The zero-order chi connectivity index (χ0) is 14.6. The van der Waals surface area contributed by atoms with Crippen LogP contribution in [0.2, 0.25) is 0 Å². The van der Waals surface area contributed by atoms with Crippen LogP contribution in [0, 0.1) is 0 Å². The molecule has 2 rings (SSSR count). The van der Waals surface area contributed by atoms with Gasteiger partial charge in [0.05, 0.1) is 13.2 Å². The molecule has 0 radical (unpaired) electrons. The molecule has 20 heavy (non-hydrogen) atoms. The fraction of sp³-hybridized carbons (Fsp3) is 0.267. The molecule has 106 valence electrons. The molecule has 0 aliphatic carbocycles. The monoisotopic (exact) mass is 276 g/mol. The van der Waals surface area contributed by atoms with Crippen molar-refractivity contribution in [2.45, 2.75) is 11.9 Å². The molecule has 2 atom stereocenters. The zero-order valence-electron chi connectivity index (χ0n) is 11.3. The minimum atomic E-state index is -1.59. The third-order valence-electron chi connectivity index (χ3n) is 3.03. The Balaban J connectivity index is 2.32. The third kappa shape index (κ3) is 2.74. The molecule has 1 aliphatic heterocycles. The van der Waals surface area contributed by atoms with Gasteiger partial charge in [-0.3, -0.25) is 0 Å². The summed E-state index contributed by atoms with van der Waals surface area (Å²) in [5.74, 6) is -2.12. The molecule has 0 saturated heterocycles. The number of carbonyl (C=O) groups excluding carboxylic acids is 1. The summed E-state index contributed by atoms with van der Waals surface area (Å²) in [6.07, 6.45) is 3.07. The van der Waals surface area contributed by atoms with Gasteiger partial charge in [0.25, 0.3) is 5.79 Å². The summed E-state index contributed by atoms with van der Waals surface area (Å²) in [5, 5.41) is 10.2. The zero-order valence-corrected chi connectivity index (χ0v) is 11.3. The number of hydrogen-bond acceptors (Lipinski definition) is 5. The van der Waals surface area contributed by atoms with Crippen LogP contribution in [0.3, 0.4) is 0 Å². The number of ether oxygens (including phenoxy) is 3. The molecule has 5 nitrogen and oxygen atoms in total. The van der Waals surface area contributed by atoms with Gasteiger partial charge >= 0.3 is 5.97 Å². The highest BCUT2D eigenvalue weighted by Crippen LogP contribution is 2.30. The van der Waals surface area contributed by atoms with Crippen LogP contribution >= 0.6 is 0 Å². The molecule has 1 heterocycles. The van der Waals surface area contributed by atoms with E-state index in [1.807, 2.05) is 30.3 Å². The molecule has 0 fully saturated rings. The molecule has 0 bridgehead atoms. The quantitative estimate of drug-likeness (QED) is 0.844. The summed E-state index contributed by atoms with van der Waals surface area (Å²) in [6, 6.07) is 9.41. The van der Waals surface area contributed by atoms with Crippen molar-refractivity contribution >= 4 is 12.0 Å². The minimum absolute atomic E-state index is 0.0980. The van der Waals surface area contributed by atoms with Crippen LogP contribution in [-0.2, 0) is 19.0 Å². The lowest BCUT2D eigenvalue weighted by atomic mass is 10.0. The van der Waals surface area contributed by atoms with Gasteiger partial charge < -0.3 is 19.3 Å². The average molecular weight is 276 g/mol. The SMILES string of the molecule is COC1=CC(=O)OC(C=Cc2ccccc2)(OC)C1O. The van der Waals surface area contributed by atoms with Gasteiger partial charge in [-0.05, 0) is 11.6 Å². The molecule has 0 amide bonds. The van der Waals surface area contributed by atoms with E-state index in [2.05, 4.69) is 0 Å². The van der Waals surface area contributed by atoms with Crippen LogP contribution in [0.1, 0.15) is 5.56 Å². The lowest BCUT2D eigenvalue weighted by Crippen LogP contribution is -2.50. The van der Waals surface area contributed by atoms with Crippen molar-refractivity contribution in [2.75, 3.05) is 14.2 Å². The first-order valence-electron chi connectivity index (χ1n) is 6.07. The van der Waals surface area contributed by atoms with Crippen molar-refractivity contribution in [1.82, 2.24) is 0 Å². The molecule has 0 saturated carbocycles. The highest BCUT2D eigenvalue weighted by atomic mass is 16.7. The van der Waals surface area contributed by atoms with E-state index in [1.165, 1.54) is 20.3 Å². The number of cyclic esters (lactones) is 1. The molecular weight excluding hydrogens is 260 g/mol. The van der Waals surface area contributed by atoms with E-state index in [0.29, 0.717) is 0 Å². The van der Waals surface area contributed by atoms with Gasteiger partial charge in [0.15, 0.2) is 6.10 Å². The summed E-state index contributed by atoms with van der Waals surface area (Å²) in [7, 11) is 2.72. The van der Waals surface area contributed by atoms with Gasteiger partial charge in [0, 0.05) is 7.11 Å². The predicted octanol–water partition coefficient (Wildman–Crippen LogP) is 1.49. The maximum atomic E-state index is 11.6. The van der Waals surface area contributed by atoms with E-state index >= 15 is 0 Å². The van der Waals surface area contributed by atoms with E-state index < -0.39 is 17.9 Å². The van der Waals surface area contributed by atoms with E-state index in [1.54, 1.807) is 6.08 Å². The number of esters is 1. The minimum Gasteiger partial charge on any atom is -0.498 e. The number of rotatable bonds is 4. The molecule has 0 spiro atoms. The smallest absolute Gasteiger partial charge is 0.337 e. The van der Waals surface area contributed by atoms with Crippen molar-refractivity contribution in [3.63, 3.8) is 0 Å². The largest absolute Gasteiger partial charge is 0.498 e. The first kappa shape index (κ1) is 14.3. The Bertz CT molecular complexity index is 534. The fourth-order valence-electron chi connectivity index (χ4n) is 1.93. The second-order valence-electron chi connectivity index (χ2n) is 4.24. The standard InChI is InChI=1S/C15H16O5/c1-18-12-10-13(16)20-15(19-2,14(12)17)9-8-11-6-4-3-5-7-11/h3-10,14,17H,1-2H3. The Kier molecular flexibility index (Phi) is 4.22. The molecule has 1 aromatic rings. The summed E-state index contributed by atoms with van der Waals surface area (Å²) in [4.78, 5) is 11.6. The Morgan fingerprint density at radius 2 is 2.00 bits per heavy atom. The van der Waals surface area contributed by atoms with E-state index in [9.17, 15) is 9.90 Å². The molecule has 2 unspecified atom stereocenters. The topological polar surface area (TPSA) is 65.0 Å². The van der Waals surface area contributed by atoms with Gasteiger partial charge in [-0.1, -0.05) is 36.4 Å². The second-order valence-corrected chi connectivity index (χ2v) is 4.24. The maximum Gasteiger partial charge on any atom is 0.337 e. The first-order valence-corrected chi connectivity index (χ1v) is 6.07. The van der Waals surface area contributed by atoms with Crippen molar-refractivity contribution < 1.29 is 24.1 Å². The Morgan fingerprint density at radius 1 is 1.30 bits per heavy atom. The molecule has 5 heteroatoms. The van der Waals surface area contributed by atoms with Crippen LogP contribution < -0.4 is 0 Å². The van der Waals surface area contributed by atoms with Crippen LogP contribution in [0.5, 0.6) is 0 Å². The number of methoxy groups -OCH3 is 2. The van der Waals surface area contributed by atoms with E-state index in [-0.39, 0.29) is 5.76 Å². The summed E-state index contributed by atoms with van der Waals surface area (Å²) in [6.45, 7) is 0. The molecular formula is C15H16O5. The van der Waals surface area contributed by atoms with Crippen LogP contribution in [0.25, 0.3) is 6.08 Å². The number of hydrogen-bond donors (Lipinski definition) is 1. The number of aliphatic hydroxyl groups excluding tert-OH is 1. The average Bonchev–Trinajstić information content (AvgIpc) is 2.49. The van der Waals surface area contributed by atoms with Gasteiger partial charge in [-0.15, -0.1) is 0 Å². The Labute approximate surface area is 117 Å². The first-order chi connectivity index (χ1) is 9.61. The van der Waals surface area contributed by atoms with Crippen molar-refractivity contribution in [3.8, 4) is 0 Å². The summed E-state index contributed by atoms with van der Waals surface area (Å²) >= 11 is 0. The Hall–Kier alpha value is -2.11. The molecule has 1 aromatic carbocycles. The van der Waals surface area contributed by atoms with Crippen molar-refractivity contribution in [1.29, 1.82) is 0 Å². The summed E-state index contributed by atoms with van der Waals surface area (Å²) < 4.78 is 15.3. The highest BCUT2D eigenvalue weighted by molar-refractivity contribution is 5.84. The lowest BCUT2D eigenvalue weighted by Gasteiger charge is -2.36. The van der Waals surface area contributed by atoms with Crippen molar-refractivity contribution in [3.05, 3.63) is 53.8 Å². The normalized spacial score (nSPS) is 26.2. The lowest BCUT2D eigenvalue weighted by molar-refractivity contribution is -0.234. The second kappa shape index (κ2) is 5.90. The molecule has 0 aromatic heterocycles. The summed E-state index contributed by atoms with van der Waals surface area (Å²) in [5.41, 5.74) is 0.890. The van der Waals surface area contributed by atoms with Crippen LogP contribution in [0.4, 0.5) is 0 Å². The predicted molar refractivity (Wildman–Crippen MR) is 72.4 cm³/mol. The van der Waals surface area contributed by atoms with Gasteiger partial charge in [-0.2, -0.15) is 0 Å². The Morgan fingerprint density at radius 3 is 2.60 bits per heavy atom. The van der Waals surface area contributed by atoms with E-state index in [0.717, 1.165) is 11.6 Å². The van der Waals surface area contributed by atoms with Gasteiger partial charge in [0.2, 0.25) is 0 Å². The van der Waals surface area contributed by atoms with E-state index in [4.69, 9.17) is 14.2 Å². The number of benzene rings is 1. The maximum absolute atomic E-state index is 11.6. The van der Waals surface area contributed by atoms with Gasteiger partial charge in [0.1, 0.15) is 5.76 Å². The number of carbonyl (C=O) groups is 1. The van der Waals surface area contributed by atoms with Crippen molar-refractivity contribution in [2.24, 2.45) is 0 Å². The highest BCUT2D eigenvalue weighted by Gasteiger charge is 2.46. The van der Waals surface area contributed by atoms with Gasteiger partial charge in [-0.25, -0.2) is 4.79 Å². The number of aliphatic hydroxyl groups is 1. The van der Waals surface area contributed by atoms with Crippen LogP contribution in [-0.4, -0.2) is 37.2 Å². The molecule has 1 N–H and O–H groups in total. The molecule has 1 aliphatic rings. The van der Waals surface area contributed by atoms with Crippen LogP contribution in [0.15, 0.2) is 48.2 Å².